The number of nitrogens with one attached hydrogen (secondary N) is 1. The number of imidazole rings is 1. The number of carbonyl (C=O) groups excluding carboxylic acids is 2. The Hall–Kier alpha value is -4.65. The van der Waals surface area contributed by atoms with Gasteiger partial charge in [-0.25, -0.2) is 19.1 Å². The second-order valence-corrected chi connectivity index (χ2v) is 11.0. The first-order valence-electron chi connectivity index (χ1n) is 14.0. The number of hydrogen-bond donors (Lipinski definition) is 4. The van der Waals surface area contributed by atoms with Crippen molar-refractivity contribution in [3.63, 3.8) is 0 Å². The van der Waals surface area contributed by atoms with E-state index in [1.165, 1.54) is 4.90 Å². The molecule has 0 saturated heterocycles. The molecule has 1 aliphatic carbocycles. The molecule has 3 heterocycles. The fourth-order valence-electron chi connectivity index (χ4n) is 4.91. The summed E-state index contributed by atoms with van der Waals surface area (Å²) in [6.07, 6.45) is 2.27. The number of nitrogen functional groups attached to an aromatic ring is 2. The van der Waals surface area contributed by atoms with Gasteiger partial charge in [0.05, 0.1) is 19.6 Å². The molecule has 0 aliphatic heterocycles. The lowest BCUT2D eigenvalue weighted by atomic mass is 10.2. The molecule has 0 atom stereocenters. The molecule has 1 saturated carbocycles. The third-order valence-corrected chi connectivity index (χ3v) is 7.68. The van der Waals surface area contributed by atoms with Crippen molar-refractivity contribution in [2.24, 2.45) is 5.92 Å². The van der Waals surface area contributed by atoms with E-state index in [0.29, 0.717) is 23.9 Å². The van der Waals surface area contributed by atoms with Crippen molar-refractivity contribution in [3.05, 3.63) is 58.4 Å². The summed E-state index contributed by atoms with van der Waals surface area (Å²) < 4.78 is 10.2. The summed E-state index contributed by atoms with van der Waals surface area (Å²) in [6.45, 7) is 5.49. The van der Waals surface area contributed by atoms with E-state index < -0.39 is 5.91 Å². The maximum Gasteiger partial charge on any atom is 0.277 e. The van der Waals surface area contributed by atoms with Gasteiger partial charge in [-0.2, -0.15) is 0 Å². The van der Waals surface area contributed by atoms with Gasteiger partial charge in [-0.15, -0.1) is 0 Å². The van der Waals surface area contributed by atoms with E-state index in [0.717, 1.165) is 41.9 Å². The number of carbonyl (C=O) groups is 2. The normalized spacial score (nSPS) is 12.8. The molecule has 0 radical (unpaired) electrons. The molecule has 1 fully saturated rings. The minimum Gasteiger partial charge on any atom is -0.506 e. The topological polar surface area (TPSA) is 178 Å². The Morgan fingerprint density at radius 3 is 2.67 bits per heavy atom. The van der Waals surface area contributed by atoms with Crippen LogP contribution in [0.2, 0.25) is 5.15 Å². The number of nitrogens with two attached hydrogens (primary N) is 2. The Kier molecular flexibility index (Phi) is 8.53. The highest BCUT2D eigenvalue weighted by Crippen LogP contribution is 2.33. The highest BCUT2D eigenvalue weighted by atomic mass is 35.5. The summed E-state index contributed by atoms with van der Waals surface area (Å²) in [4.78, 5) is 39.5. The first-order valence-corrected chi connectivity index (χ1v) is 14.4. The van der Waals surface area contributed by atoms with Gasteiger partial charge in [0.25, 0.3) is 17.6 Å². The number of rotatable bonds is 11. The van der Waals surface area contributed by atoms with Gasteiger partial charge >= 0.3 is 0 Å². The van der Waals surface area contributed by atoms with Crippen LogP contribution < -0.4 is 26.1 Å². The van der Waals surface area contributed by atoms with Crippen LogP contribution in [0, 0.1) is 12.8 Å². The number of amides is 2. The summed E-state index contributed by atoms with van der Waals surface area (Å²) in [5, 5.41) is 12.9. The highest BCUT2D eigenvalue weighted by molar-refractivity contribution is 6.31. The number of hydrogen-bond acceptors (Lipinski definition) is 9. The molecule has 1 aliphatic rings. The van der Waals surface area contributed by atoms with Crippen molar-refractivity contribution >= 4 is 46.1 Å². The van der Waals surface area contributed by atoms with Gasteiger partial charge in [0.1, 0.15) is 23.7 Å². The summed E-state index contributed by atoms with van der Waals surface area (Å²) in [5.41, 5.74) is 14.5. The smallest absolute Gasteiger partial charge is 0.277 e. The van der Waals surface area contributed by atoms with Crippen LogP contribution in [-0.2, 0) is 31.0 Å². The monoisotopic (exact) mass is 608 g/mol. The van der Waals surface area contributed by atoms with E-state index in [1.807, 2.05) is 32.0 Å². The van der Waals surface area contributed by atoms with Crippen LogP contribution in [0.1, 0.15) is 47.5 Å². The number of benzene rings is 1. The van der Waals surface area contributed by atoms with Crippen LogP contribution in [0.3, 0.4) is 0 Å². The Labute approximate surface area is 253 Å². The van der Waals surface area contributed by atoms with Crippen LogP contribution in [0.4, 0.5) is 11.6 Å². The number of likely N-dealkylation sites (N-methyl/N-ethyl adjacent to an activating group) is 1. The fraction of sp³-hybridized carbons (Fsp3) is 0.379. The fourth-order valence-corrected chi connectivity index (χ4v) is 5.03. The van der Waals surface area contributed by atoms with Crippen LogP contribution in [0.5, 0.6) is 11.5 Å². The van der Waals surface area contributed by atoms with Gasteiger partial charge in [-0.3, -0.25) is 14.6 Å². The third kappa shape index (κ3) is 6.56. The Bertz CT molecular complexity index is 1700. The number of fused-ring (bicyclic) bond motifs is 1. The molecule has 43 heavy (non-hydrogen) atoms. The molecular formula is C29H35ClN9O4+. The second kappa shape index (κ2) is 12.3. The average molecular weight is 609 g/mol. The lowest BCUT2D eigenvalue weighted by Crippen LogP contribution is -2.40. The highest BCUT2D eigenvalue weighted by Gasteiger charge is 2.31. The minimum atomic E-state index is -0.515. The van der Waals surface area contributed by atoms with Gasteiger partial charge in [-0.05, 0) is 56.9 Å². The summed E-state index contributed by atoms with van der Waals surface area (Å²) in [5.74, 6) is 1.10. The molecule has 0 unspecified atom stereocenters. The van der Waals surface area contributed by atoms with E-state index in [9.17, 15) is 14.7 Å². The molecular weight excluding hydrogens is 574 g/mol. The van der Waals surface area contributed by atoms with Gasteiger partial charge in [0, 0.05) is 18.8 Å². The predicted octanol–water partition coefficient (Wildman–Crippen LogP) is 2.34. The van der Waals surface area contributed by atoms with Crippen LogP contribution in [0.15, 0.2) is 30.3 Å². The Morgan fingerprint density at radius 1 is 1.19 bits per heavy atom. The number of aromatic hydroxyl groups is 1. The van der Waals surface area contributed by atoms with Crippen molar-refractivity contribution in [2.45, 2.75) is 52.9 Å². The van der Waals surface area contributed by atoms with Crippen molar-refractivity contribution in [1.82, 2.24) is 29.7 Å². The van der Waals surface area contributed by atoms with Crippen molar-refractivity contribution in [2.75, 3.05) is 25.1 Å². The molecule has 1 aromatic carbocycles. The average Bonchev–Trinajstić information content (AvgIpc) is 3.75. The number of nitrogens with zero attached hydrogens (tertiary/aromatic N) is 6. The van der Waals surface area contributed by atoms with Gasteiger partial charge < -0.3 is 31.5 Å². The van der Waals surface area contributed by atoms with Crippen LogP contribution in [0.25, 0.3) is 11.0 Å². The van der Waals surface area contributed by atoms with Gasteiger partial charge in [0.2, 0.25) is 0 Å². The van der Waals surface area contributed by atoms with Crippen molar-refractivity contribution in [3.8, 4) is 11.5 Å². The zero-order chi connectivity index (χ0) is 30.8. The Morgan fingerprint density at radius 2 is 1.95 bits per heavy atom. The SMILES string of the molecule is CC[n+]1c(CNC(=O)c2nc(Cl)c(N)nc2N)n(CC2CC2)c2cc(OCC(=O)N(C)Cc3nc(C)ccc3O)ccc21. The number of pyridine rings is 1. The lowest BCUT2D eigenvalue weighted by molar-refractivity contribution is -0.676. The summed E-state index contributed by atoms with van der Waals surface area (Å²) >= 11 is 5.97. The molecule has 3 aromatic heterocycles. The van der Waals surface area contributed by atoms with Gasteiger partial charge in [0.15, 0.2) is 40.1 Å². The molecule has 0 spiro atoms. The number of aromatic nitrogens is 5. The van der Waals surface area contributed by atoms with E-state index >= 15 is 0 Å². The number of halogens is 1. The molecule has 5 rings (SSSR count). The maximum absolute atomic E-state index is 13.0. The quantitative estimate of drug-likeness (QED) is 0.186. The largest absolute Gasteiger partial charge is 0.506 e. The molecule has 226 valence electrons. The zero-order valence-electron chi connectivity index (χ0n) is 24.3. The van der Waals surface area contributed by atoms with E-state index in [1.54, 1.807) is 19.2 Å². The van der Waals surface area contributed by atoms with Gasteiger partial charge in [-0.1, -0.05) is 11.6 Å². The van der Waals surface area contributed by atoms with Crippen LogP contribution >= 0.6 is 11.6 Å². The third-order valence-electron chi connectivity index (χ3n) is 7.40. The standard InChI is InChI=1S/C29H34ClN9O4/c1-4-38-20-9-8-18(43-15-24(41)37(3)14-19-22(40)10-5-16(2)34-19)11-21(20)39(13-17-6-7-17)23(38)12-33-29(42)25-27(31)36-28(32)26(30)35-25/h5,8-11,17H,4,6-7,12-15H2,1-3H3,(H5-,31,32,33,36,40,42)/p+1. The zero-order valence-corrected chi connectivity index (χ0v) is 25.1. The van der Waals surface area contributed by atoms with E-state index in [-0.39, 0.29) is 53.8 Å². The molecule has 4 aromatic rings. The van der Waals surface area contributed by atoms with E-state index in [2.05, 4.69) is 29.4 Å². The van der Waals surface area contributed by atoms with E-state index in [4.69, 9.17) is 27.8 Å². The molecule has 2 amide bonds. The minimum absolute atomic E-state index is 0.0397. The van der Waals surface area contributed by atoms with Crippen molar-refractivity contribution in [1.29, 1.82) is 0 Å². The molecule has 6 N–H and O–H groups in total. The number of anilines is 2. The second-order valence-electron chi connectivity index (χ2n) is 10.6. The summed E-state index contributed by atoms with van der Waals surface area (Å²) in [6, 6.07) is 8.97. The first kappa shape index (κ1) is 29.8. The molecule has 13 nitrogen and oxygen atoms in total. The van der Waals surface area contributed by atoms with Crippen molar-refractivity contribution < 1.29 is 24.0 Å². The summed E-state index contributed by atoms with van der Waals surface area (Å²) in [7, 11) is 1.64. The predicted molar refractivity (Wildman–Crippen MR) is 160 cm³/mol. The molecule has 0 bridgehead atoms. The number of ether oxygens (including phenoxy) is 1. The number of aryl methyl sites for hydroxylation is 2. The lowest BCUT2D eigenvalue weighted by Gasteiger charge is -2.18. The Balaban J connectivity index is 1.35. The first-order chi connectivity index (χ1) is 20.5. The molecule has 14 heteroatoms. The maximum atomic E-state index is 13.0. The van der Waals surface area contributed by atoms with Crippen LogP contribution in [-0.4, -0.2) is 55.0 Å².